The fourth-order valence-electron chi connectivity index (χ4n) is 17.0. The molecule has 0 radical (unpaired) electrons. The first-order valence-corrected chi connectivity index (χ1v) is 56.2. The lowest BCUT2D eigenvalue weighted by Crippen LogP contribution is -1.98. The average molecular weight is 1640 g/mol. The van der Waals surface area contributed by atoms with E-state index in [2.05, 4.69) is 155 Å². The van der Waals surface area contributed by atoms with E-state index in [9.17, 15) is 0 Å². The van der Waals surface area contributed by atoms with Crippen molar-refractivity contribution in [1.29, 1.82) is 0 Å². The van der Waals surface area contributed by atoms with Crippen LogP contribution in [0.15, 0.2) is 65.8 Å². The van der Waals surface area contributed by atoms with Crippen LogP contribution in [-0.2, 0) is 0 Å². The minimum atomic E-state index is 0.722. The van der Waals surface area contributed by atoms with Crippen LogP contribution in [-0.4, -0.2) is 34.5 Å². The number of hydrogen-bond donors (Lipinski definition) is 0. The maximum atomic E-state index is 2.78. The summed E-state index contributed by atoms with van der Waals surface area (Å²) < 4.78 is 0. The van der Waals surface area contributed by atoms with E-state index in [-0.39, 0.29) is 0 Å². The molecule has 0 saturated heterocycles. The van der Waals surface area contributed by atoms with Gasteiger partial charge in [-0.1, -0.05) is 479 Å². The summed E-state index contributed by atoms with van der Waals surface area (Å²) in [5.41, 5.74) is 0. The molecule has 0 aliphatic heterocycles. The minimum Gasteiger partial charge on any atom is -0.125 e. The zero-order chi connectivity index (χ0) is 78.9. The minimum absolute atomic E-state index is 0.722. The summed E-state index contributed by atoms with van der Waals surface area (Å²) in [6, 6.07) is 16.7. The zero-order valence-electron chi connectivity index (χ0n) is 75.4. The largest absolute Gasteiger partial charge is 0.125 e. The molecule has 0 aliphatic carbocycles. The van der Waals surface area contributed by atoms with Crippen molar-refractivity contribution in [1.82, 2.24) is 0 Å². The van der Waals surface area contributed by atoms with Gasteiger partial charge in [0.05, 0.1) is 0 Å². The highest BCUT2D eigenvalue weighted by Crippen LogP contribution is 2.48. The van der Waals surface area contributed by atoms with Gasteiger partial charge in [-0.2, -0.15) is 0 Å². The second-order valence-corrected chi connectivity index (χ2v) is 42.1. The van der Waals surface area contributed by atoms with Gasteiger partial charge in [0, 0.05) is 35.1 Å². The molecule has 0 aromatic heterocycles. The molecule has 0 heterocycles. The normalized spacial score (nSPS) is 12.2. The van der Waals surface area contributed by atoms with Gasteiger partial charge in [-0.25, -0.2) is 0 Å². The Hall–Kier alpha value is -0.240. The van der Waals surface area contributed by atoms with Gasteiger partial charge in [0.1, 0.15) is 0 Å². The molecule has 642 valence electrons. The van der Waals surface area contributed by atoms with Gasteiger partial charge in [0.15, 0.2) is 0 Å². The van der Waals surface area contributed by atoms with Crippen molar-refractivity contribution in [2.24, 2.45) is 5.92 Å². The smallest absolute Gasteiger partial charge is 0.0215 e. The van der Waals surface area contributed by atoms with Gasteiger partial charge < -0.3 is 0 Å². The van der Waals surface area contributed by atoms with Crippen molar-refractivity contribution in [2.75, 3.05) is 34.5 Å². The Bertz CT molecular complexity index is 2610. The molecule has 0 N–H and O–H groups in total. The van der Waals surface area contributed by atoms with E-state index in [1.165, 1.54) is 536 Å². The lowest BCUT2D eigenvalue weighted by atomic mass is 9.94. The van der Waals surface area contributed by atoms with E-state index in [0.717, 1.165) is 5.92 Å². The van der Waals surface area contributed by atoms with Crippen molar-refractivity contribution in [3.8, 4) is 0 Å². The third kappa shape index (κ3) is 53.9. The Morgan fingerprint density at radius 1 is 0.162 bits per heavy atom. The molecule has 0 amide bonds. The molecule has 0 fully saturated rings. The molecular weight excluding hydrogens is 1450 g/mol. The lowest BCUT2D eigenvalue weighted by molar-refractivity contribution is 0.538. The molecule has 0 bridgehead atoms. The Kier molecular flexibility index (Phi) is 71.6. The van der Waals surface area contributed by atoms with Crippen LogP contribution >= 0.6 is 70.6 Å². The molecular formula is C105H186S6. The highest BCUT2D eigenvalue weighted by molar-refractivity contribution is 8.03. The second-order valence-electron chi connectivity index (χ2n) is 35.3. The number of rotatable bonds is 86. The predicted molar refractivity (Wildman–Crippen MR) is 524 cm³/mol. The fraction of sp³-hybridized carbons (Fsp3) is 0.829. The molecule has 4 rings (SSSR count). The first-order valence-electron chi connectivity index (χ1n) is 50.3. The van der Waals surface area contributed by atoms with Crippen LogP contribution in [0.2, 0.25) is 0 Å². The van der Waals surface area contributed by atoms with Crippen molar-refractivity contribution in [2.45, 2.75) is 547 Å². The van der Waals surface area contributed by atoms with E-state index in [0.29, 0.717) is 0 Å². The van der Waals surface area contributed by atoms with Gasteiger partial charge in [-0.05, 0) is 142 Å². The van der Waals surface area contributed by atoms with E-state index in [4.69, 9.17) is 0 Å². The summed E-state index contributed by atoms with van der Waals surface area (Å²) >= 11 is 13.3. The first kappa shape index (κ1) is 103. The van der Waals surface area contributed by atoms with E-state index >= 15 is 0 Å². The monoisotopic (exact) mass is 1640 g/mol. The van der Waals surface area contributed by atoms with Gasteiger partial charge in [0.2, 0.25) is 0 Å². The molecule has 6 heteroatoms. The van der Waals surface area contributed by atoms with E-state index < -0.39 is 0 Å². The summed E-state index contributed by atoms with van der Waals surface area (Å²) in [5.74, 6) is 8.10. The Morgan fingerprint density at radius 3 is 0.432 bits per heavy atom. The lowest BCUT2D eigenvalue weighted by Gasteiger charge is -2.20. The van der Waals surface area contributed by atoms with Gasteiger partial charge in [-0.3, -0.25) is 0 Å². The Labute approximate surface area is 720 Å². The second kappa shape index (κ2) is 77.1. The molecule has 111 heavy (non-hydrogen) atoms. The topological polar surface area (TPSA) is 0 Å². The van der Waals surface area contributed by atoms with Crippen molar-refractivity contribution < 1.29 is 0 Å². The predicted octanol–water partition coefficient (Wildman–Crippen LogP) is 40.9. The summed E-state index contributed by atoms with van der Waals surface area (Å²) in [6.07, 6.45) is 104. The van der Waals surface area contributed by atoms with Gasteiger partial charge in [0.25, 0.3) is 0 Å². The van der Waals surface area contributed by atoms with Crippen LogP contribution in [0.4, 0.5) is 0 Å². The van der Waals surface area contributed by atoms with E-state index in [1.807, 2.05) is 0 Å². The maximum Gasteiger partial charge on any atom is 0.0215 e. The number of unbranched alkanes of at least 4 members (excludes halogenated alkanes) is 66. The molecule has 1 unspecified atom stereocenters. The highest BCUT2D eigenvalue weighted by atomic mass is 32.2. The van der Waals surface area contributed by atoms with Crippen molar-refractivity contribution in [3.05, 3.63) is 36.4 Å². The molecule has 1 atom stereocenters. The third-order valence-corrected chi connectivity index (χ3v) is 32.0. The molecule has 4 aromatic carbocycles. The summed E-state index contributed by atoms with van der Waals surface area (Å²) in [7, 11) is 0. The summed E-state index contributed by atoms with van der Waals surface area (Å²) in [4.78, 5) is 9.40. The SMILES string of the molecule is CCCCCCCCCCCCCCCCSc1cc2c3cc(SCCCCCCCCCCCCCCCC)c(SCCCCCCCCCCCCCCCC)cc3c3cc(SCC(C)CCCC)c(SCCCCCCCCCCCCCCCC)cc3c2cc1SCCCCCCCCCCCCCCCC. The number of hydrogen-bond acceptors (Lipinski definition) is 6. The van der Waals surface area contributed by atoms with Gasteiger partial charge >= 0.3 is 0 Å². The number of fused-ring (bicyclic) bond motifs is 6. The molecule has 0 nitrogen and oxygen atoms in total. The molecule has 4 aromatic rings. The Morgan fingerprint density at radius 2 is 0.288 bits per heavy atom. The molecule has 0 spiro atoms. The average Bonchev–Trinajstić information content (AvgIpc) is 0.727. The fourth-order valence-corrected chi connectivity index (χ4v) is 23.9. The van der Waals surface area contributed by atoms with Crippen molar-refractivity contribution in [3.63, 3.8) is 0 Å². The highest BCUT2D eigenvalue weighted by Gasteiger charge is 2.20. The standard InChI is InChI=1S/C105H186S6/c1-8-14-20-25-30-35-40-45-50-55-60-65-70-75-81-106-100-86-94-95-87-101(107-82-76-71-66-61-56-51-46-41-36-31-26-21-15-9-2)103(109-84-78-73-68-63-58-53-48-43-38-33-28-23-17-11-4)89-97(95)99-91-105(111-92-93(7)80-19-13-6)104(110-85-79-74-69-64-59-54-49-44-39-34-29-24-18-12-5)90-98(99)96(94)88-102(100)108-83-77-72-67-62-57-52-47-42-37-32-27-22-16-10-3/h86-91,93H,8-85,92H2,1-7H3. The molecule has 0 aliphatic rings. The summed E-state index contributed by atoms with van der Waals surface area (Å²) in [5, 5.41) is 9.15. The van der Waals surface area contributed by atoms with Crippen LogP contribution in [0.5, 0.6) is 0 Å². The molecule has 0 saturated carbocycles. The van der Waals surface area contributed by atoms with Crippen LogP contribution < -0.4 is 0 Å². The number of benzene rings is 4. The quantitative estimate of drug-likeness (QED) is 0.0244. The number of thioether (sulfide) groups is 6. The third-order valence-electron chi connectivity index (χ3n) is 24.5. The van der Waals surface area contributed by atoms with Crippen molar-refractivity contribution >= 4 is 103 Å². The maximum absolute atomic E-state index is 2.78. The van der Waals surface area contributed by atoms with Crippen LogP contribution in [0.1, 0.15) is 517 Å². The Balaban J connectivity index is 1.70. The first-order chi connectivity index (χ1) is 55.0. The summed E-state index contributed by atoms with van der Waals surface area (Å²) in [6.45, 7) is 16.6. The van der Waals surface area contributed by atoms with E-state index in [1.54, 1.807) is 29.4 Å². The zero-order valence-corrected chi connectivity index (χ0v) is 80.3. The van der Waals surface area contributed by atoms with Crippen LogP contribution in [0, 0.1) is 5.92 Å². The van der Waals surface area contributed by atoms with Crippen LogP contribution in [0.3, 0.4) is 0 Å². The van der Waals surface area contributed by atoms with Gasteiger partial charge in [-0.15, -0.1) is 70.6 Å². The van der Waals surface area contributed by atoms with Crippen LogP contribution in [0.25, 0.3) is 32.3 Å².